The van der Waals surface area contributed by atoms with E-state index in [4.69, 9.17) is 4.74 Å². The maximum Gasteiger partial charge on any atom is 0.223 e. The van der Waals surface area contributed by atoms with Crippen LogP contribution in [0.1, 0.15) is 30.9 Å². The highest BCUT2D eigenvalue weighted by Gasteiger charge is 2.25. The standard InChI is InChI=1S/C18H28N2O2/c1-14-4-6-16(7-5-14)12-20-10-8-17(9-11-20)18(21)19-15(2)13-22-3/h4-7,15,17H,8-13H2,1-3H3,(H,19,21). The zero-order valence-electron chi connectivity index (χ0n) is 14.0. The number of piperidine rings is 1. The summed E-state index contributed by atoms with van der Waals surface area (Å²) in [5, 5.41) is 3.04. The van der Waals surface area contributed by atoms with E-state index < -0.39 is 0 Å². The molecular weight excluding hydrogens is 276 g/mol. The molecule has 1 saturated heterocycles. The van der Waals surface area contributed by atoms with Gasteiger partial charge in [0.2, 0.25) is 5.91 Å². The monoisotopic (exact) mass is 304 g/mol. The topological polar surface area (TPSA) is 41.6 Å². The minimum absolute atomic E-state index is 0.0862. The first kappa shape index (κ1) is 17.0. The lowest BCUT2D eigenvalue weighted by Crippen LogP contribution is -2.44. The lowest BCUT2D eigenvalue weighted by Gasteiger charge is -2.31. The van der Waals surface area contributed by atoms with Gasteiger partial charge in [-0.15, -0.1) is 0 Å². The van der Waals surface area contributed by atoms with Crippen molar-refractivity contribution in [3.8, 4) is 0 Å². The minimum atomic E-state index is 0.0862. The largest absolute Gasteiger partial charge is 0.383 e. The normalized spacial score (nSPS) is 18.1. The van der Waals surface area contributed by atoms with E-state index in [1.807, 2.05) is 6.92 Å². The van der Waals surface area contributed by atoms with Crippen molar-refractivity contribution in [3.63, 3.8) is 0 Å². The Morgan fingerprint density at radius 3 is 2.55 bits per heavy atom. The average Bonchev–Trinajstić information content (AvgIpc) is 2.50. The van der Waals surface area contributed by atoms with Gasteiger partial charge < -0.3 is 10.1 Å². The van der Waals surface area contributed by atoms with Crippen LogP contribution in [0.2, 0.25) is 0 Å². The van der Waals surface area contributed by atoms with Crippen LogP contribution >= 0.6 is 0 Å². The van der Waals surface area contributed by atoms with Gasteiger partial charge in [0.05, 0.1) is 6.61 Å². The molecule has 0 spiro atoms. The number of benzene rings is 1. The molecule has 0 saturated carbocycles. The van der Waals surface area contributed by atoms with Gasteiger partial charge in [-0.1, -0.05) is 29.8 Å². The smallest absolute Gasteiger partial charge is 0.223 e. The number of ether oxygens (including phenoxy) is 1. The second kappa shape index (κ2) is 8.30. The van der Waals surface area contributed by atoms with E-state index >= 15 is 0 Å². The Morgan fingerprint density at radius 2 is 1.95 bits per heavy atom. The van der Waals surface area contributed by atoms with E-state index in [1.165, 1.54) is 11.1 Å². The van der Waals surface area contributed by atoms with Crippen molar-refractivity contribution < 1.29 is 9.53 Å². The number of methoxy groups -OCH3 is 1. The van der Waals surface area contributed by atoms with Gasteiger partial charge in [0.15, 0.2) is 0 Å². The highest BCUT2D eigenvalue weighted by molar-refractivity contribution is 5.79. The molecule has 2 rings (SSSR count). The molecule has 4 heteroatoms. The third-order valence-corrected chi connectivity index (χ3v) is 4.29. The maximum absolute atomic E-state index is 12.2. The third kappa shape index (κ3) is 5.11. The Labute approximate surface area is 133 Å². The summed E-state index contributed by atoms with van der Waals surface area (Å²) in [6.07, 6.45) is 1.88. The molecule has 0 aliphatic carbocycles. The summed E-state index contributed by atoms with van der Waals surface area (Å²) in [6.45, 7) is 7.62. The molecule has 4 nitrogen and oxygen atoms in total. The lowest BCUT2D eigenvalue weighted by molar-refractivity contribution is -0.127. The number of aryl methyl sites for hydroxylation is 1. The van der Waals surface area contributed by atoms with Gasteiger partial charge in [-0.05, 0) is 45.3 Å². The van der Waals surface area contributed by atoms with Crippen LogP contribution in [-0.2, 0) is 16.1 Å². The van der Waals surface area contributed by atoms with Crippen molar-refractivity contribution >= 4 is 5.91 Å². The number of likely N-dealkylation sites (tertiary alicyclic amines) is 1. The Balaban J connectivity index is 1.75. The maximum atomic E-state index is 12.2. The molecule has 1 unspecified atom stereocenters. The summed E-state index contributed by atoms with van der Waals surface area (Å²) in [5.74, 6) is 0.327. The van der Waals surface area contributed by atoms with Gasteiger partial charge in [-0.3, -0.25) is 9.69 Å². The van der Waals surface area contributed by atoms with Crippen LogP contribution in [0.3, 0.4) is 0 Å². The zero-order chi connectivity index (χ0) is 15.9. The molecule has 122 valence electrons. The highest BCUT2D eigenvalue weighted by atomic mass is 16.5. The fourth-order valence-corrected chi connectivity index (χ4v) is 2.96. The fraction of sp³-hybridized carbons (Fsp3) is 0.611. The third-order valence-electron chi connectivity index (χ3n) is 4.29. The Kier molecular flexibility index (Phi) is 6.40. The predicted octanol–water partition coefficient (Wildman–Crippen LogP) is 2.36. The molecule has 22 heavy (non-hydrogen) atoms. The quantitative estimate of drug-likeness (QED) is 0.877. The molecule has 1 aliphatic heterocycles. The number of rotatable bonds is 6. The number of nitrogens with one attached hydrogen (secondary N) is 1. The van der Waals surface area contributed by atoms with E-state index in [1.54, 1.807) is 7.11 Å². The van der Waals surface area contributed by atoms with Crippen LogP contribution in [0.25, 0.3) is 0 Å². The molecule has 0 aromatic heterocycles. The Hall–Kier alpha value is -1.39. The van der Waals surface area contributed by atoms with Crippen molar-refractivity contribution in [2.75, 3.05) is 26.8 Å². The molecule has 0 radical (unpaired) electrons. The van der Waals surface area contributed by atoms with Crippen molar-refractivity contribution in [1.29, 1.82) is 0 Å². The van der Waals surface area contributed by atoms with Crippen LogP contribution in [0, 0.1) is 12.8 Å². The van der Waals surface area contributed by atoms with Gasteiger partial charge in [-0.2, -0.15) is 0 Å². The first-order chi connectivity index (χ1) is 10.6. The Bertz CT molecular complexity index is 464. The van der Waals surface area contributed by atoms with Gasteiger partial charge in [0.1, 0.15) is 0 Å². The number of carbonyl (C=O) groups is 1. The molecule has 0 bridgehead atoms. The van der Waals surface area contributed by atoms with Gasteiger partial charge >= 0.3 is 0 Å². The van der Waals surface area contributed by atoms with Crippen LogP contribution < -0.4 is 5.32 Å². The first-order valence-corrected chi connectivity index (χ1v) is 8.15. The summed E-state index contributed by atoms with van der Waals surface area (Å²) in [6, 6.07) is 8.80. The first-order valence-electron chi connectivity index (χ1n) is 8.15. The van der Waals surface area contributed by atoms with Crippen LogP contribution in [0.15, 0.2) is 24.3 Å². The lowest BCUT2D eigenvalue weighted by atomic mass is 9.95. The molecule has 1 N–H and O–H groups in total. The summed E-state index contributed by atoms with van der Waals surface area (Å²) >= 11 is 0. The molecule has 1 atom stereocenters. The van der Waals surface area contributed by atoms with E-state index in [2.05, 4.69) is 41.4 Å². The van der Waals surface area contributed by atoms with Crippen molar-refractivity contribution in [2.45, 2.75) is 39.3 Å². The molecule has 1 aromatic rings. The zero-order valence-corrected chi connectivity index (χ0v) is 14.0. The molecule has 1 amide bonds. The van der Waals surface area contributed by atoms with Crippen LogP contribution in [-0.4, -0.2) is 43.7 Å². The fourth-order valence-electron chi connectivity index (χ4n) is 2.96. The van der Waals surface area contributed by atoms with Gasteiger partial charge in [0.25, 0.3) is 0 Å². The van der Waals surface area contributed by atoms with E-state index in [-0.39, 0.29) is 17.9 Å². The number of hydrogen-bond acceptors (Lipinski definition) is 3. The molecular formula is C18H28N2O2. The number of hydrogen-bond donors (Lipinski definition) is 1. The molecule has 1 fully saturated rings. The Morgan fingerprint density at radius 1 is 1.32 bits per heavy atom. The van der Waals surface area contributed by atoms with Crippen LogP contribution in [0.5, 0.6) is 0 Å². The SMILES string of the molecule is COCC(C)NC(=O)C1CCN(Cc2ccc(C)cc2)CC1. The van der Waals surface area contributed by atoms with Crippen LogP contribution in [0.4, 0.5) is 0 Å². The molecule has 1 aliphatic rings. The minimum Gasteiger partial charge on any atom is -0.383 e. The van der Waals surface area contributed by atoms with Crippen molar-refractivity contribution in [1.82, 2.24) is 10.2 Å². The van der Waals surface area contributed by atoms with Gasteiger partial charge in [-0.25, -0.2) is 0 Å². The predicted molar refractivity (Wildman–Crippen MR) is 88.7 cm³/mol. The van der Waals surface area contributed by atoms with E-state index in [9.17, 15) is 4.79 Å². The second-order valence-corrected chi connectivity index (χ2v) is 6.40. The number of amides is 1. The second-order valence-electron chi connectivity index (χ2n) is 6.40. The molecule has 1 aromatic carbocycles. The number of nitrogens with zero attached hydrogens (tertiary/aromatic N) is 1. The van der Waals surface area contributed by atoms with Crippen molar-refractivity contribution in [2.24, 2.45) is 5.92 Å². The molecule has 1 heterocycles. The highest BCUT2D eigenvalue weighted by Crippen LogP contribution is 2.19. The summed E-state index contributed by atoms with van der Waals surface area (Å²) in [4.78, 5) is 14.6. The average molecular weight is 304 g/mol. The van der Waals surface area contributed by atoms with Gasteiger partial charge in [0, 0.05) is 25.6 Å². The summed E-state index contributed by atoms with van der Waals surface area (Å²) < 4.78 is 5.06. The summed E-state index contributed by atoms with van der Waals surface area (Å²) in [7, 11) is 1.66. The van der Waals surface area contributed by atoms with E-state index in [0.717, 1.165) is 32.5 Å². The van der Waals surface area contributed by atoms with E-state index in [0.29, 0.717) is 6.61 Å². The van der Waals surface area contributed by atoms with Crippen molar-refractivity contribution in [3.05, 3.63) is 35.4 Å². The number of carbonyl (C=O) groups excluding carboxylic acids is 1. The summed E-state index contributed by atoms with van der Waals surface area (Å²) in [5.41, 5.74) is 2.64.